The number of benzene rings is 1. The quantitative estimate of drug-likeness (QED) is 0.853. The van der Waals surface area contributed by atoms with Crippen LogP contribution in [0.25, 0.3) is 0 Å². The van der Waals surface area contributed by atoms with Gasteiger partial charge in [0.2, 0.25) is 0 Å². The average molecular weight is 263 g/mol. The Kier molecular flexibility index (Phi) is 3.58. The van der Waals surface area contributed by atoms with Crippen LogP contribution in [-0.2, 0) is 16.1 Å². The highest BCUT2D eigenvalue weighted by molar-refractivity contribution is 5.30. The van der Waals surface area contributed by atoms with Gasteiger partial charge in [0.15, 0.2) is 5.79 Å². The summed E-state index contributed by atoms with van der Waals surface area (Å²) in [6.07, 6.45) is 1.68. The van der Waals surface area contributed by atoms with Crippen LogP contribution in [0.4, 0.5) is 0 Å². The van der Waals surface area contributed by atoms with Crippen LogP contribution >= 0.6 is 0 Å². The molecule has 0 radical (unpaired) electrons. The summed E-state index contributed by atoms with van der Waals surface area (Å²) >= 11 is 0. The predicted octanol–water partition coefficient (Wildman–Crippen LogP) is 1.73. The third kappa shape index (κ3) is 2.54. The van der Waals surface area contributed by atoms with Crippen LogP contribution in [0.1, 0.15) is 36.9 Å². The van der Waals surface area contributed by atoms with Gasteiger partial charge >= 0.3 is 0 Å². The van der Waals surface area contributed by atoms with Gasteiger partial charge in [0, 0.05) is 24.9 Å². The fraction of sp³-hybridized carbons (Fsp3) is 0.600. The lowest BCUT2D eigenvalue weighted by Crippen LogP contribution is -2.49. The molecular formula is C15H21NO3. The molecule has 1 aromatic rings. The molecule has 0 unspecified atom stereocenters. The Morgan fingerprint density at radius 2 is 2.00 bits per heavy atom. The summed E-state index contributed by atoms with van der Waals surface area (Å²) < 4.78 is 11.7. The van der Waals surface area contributed by atoms with Crippen LogP contribution in [-0.4, -0.2) is 30.1 Å². The summed E-state index contributed by atoms with van der Waals surface area (Å²) in [7, 11) is 0. The van der Waals surface area contributed by atoms with Crippen molar-refractivity contribution < 1.29 is 14.6 Å². The second-order valence-electron chi connectivity index (χ2n) is 5.49. The van der Waals surface area contributed by atoms with Crippen molar-refractivity contribution in [3.05, 3.63) is 35.4 Å². The molecule has 0 saturated carbocycles. The third-order valence-electron chi connectivity index (χ3n) is 4.03. The molecule has 0 aromatic heterocycles. The minimum absolute atomic E-state index is 0.0669. The molecule has 2 fully saturated rings. The van der Waals surface area contributed by atoms with Gasteiger partial charge in [-0.3, -0.25) is 0 Å². The first-order valence-corrected chi connectivity index (χ1v) is 6.95. The van der Waals surface area contributed by atoms with E-state index in [1.54, 1.807) is 0 Å². The van der Waals surface area contributed by atoms with E-state index in [-0.39, 0.29) is 12.6 Å². The molecule has 104 valence electrons. The zero-order valence-corrected chi connectivity index (χ0v) is 11.3. The predicted molar refractivity (Wildman–Crippen MR) is 71.6 cm³/mol. The molecule has 2 saturated heterocycles. The maximum atomic E-state index is 9.48. The Morgan fingerprint density at radius 3 is 2.74 bits per heavy atom. The van der Waals surface area contributed by atoms with Crippen molar-refractivity contribution in [3.63, 3.8) is 0 Å². The van der Waals surface area contributed by atoms with Crippen LogP contribution in [0.5, 0.6) is 0 Å². The van der Waals surface area contributed by atoms with Gasteiger partial charge in [-0.2, -0.15) is 0 Å². The van der Waals surface area contributed by atoms with Crippen LogP contribution in [0, 0.1) is 0 Å². The van der Waals surface area contributed by atoms with E-state index in [4.69, 9.17) is 9.47 Å². The number of piperidine rings is 1. The minimum atomic E-state index is -0.433. The topological polar surface area (TPSA) is 50.7 Å². The molecule has 4 heteroatoms. The summed E-state index contributed by atoms with van der Waals surface area (Å²) in [5, 5.41) is 13.1. The molecule has 2 atom stereocenters. The smallest absolute Gasteiger partial charge is 0.171 e. The number of hydrogen-bond donors (Lipinski definition) is 2. The second-order valence-corrected chi connectivity index (χ2v) is 5.49. The molecule has 0 amide bonds. The summed E-state index contributed by atoms with van der Waals surface area (Å²) in [5.74, 6) is -0.433. The van der Waals surface area contributed by atoms with Gasteiger partial charge in [-0.1, -0.05) is 24.3 Å². The first-order valence-electron chi connectivity index (χ1n) is 6.95. The summed E-state index contributed by atoms with van der Waals surface area (Å²) in [5.41, 5.74) is 2.12. The van der Waals surface area contributed by atoms with Crippen molar-refractivity contribution in [2.24, 2.45) is 0 Å². The van der Waals surface area contributed by atoms with Gasteiger partial charge in [-0.05, 0) is 18.1 Å². The fourth-order valence-corrected chi connectivity index (χ4v) is 3.27. The van der Waals surface area contributed by atoms with E-state index in [0.29, 0.717) is 19.3 Å². The van der Waals surface area contributed by atoms with Crippen molar-refractivity contribution in [1.82, 2.24) is 5.32 Å². The molecule has 2 aliphatic rings. The number of nitrogens with one attached hydrogen (secondary N) is 1. The molecule has 2 aliphatic heterocycles. The Morgan fingerprint density at radius 1 is 1.26 bits per heavy atom. The van der Waals surface area contributed by atoms with Crippen molar-refractivity contribution in [1.29, 1.82) is 0 Å². The van der Waals surface area contributed by atoms with E-state index < -0.39 is 5.79 Å². The molecule has 19 heavy (non-hydrogen) atoms. The van der Waals surface area contributed by atoms with E-state index in [1.165, 1.54) is 0 Å². The Labute approximate surface area is 113 Å². The lowest BCUT2D eigenvalue weighted by Gasteiger charge is -2.41. The van der Waals surface area contributed by atoms with Gasteiger partial charge in [-0.25, -0.2) is 0 Å². The van der Waals surface area contributed by atoms with Gasteiger partial charge < -0.3 is 19.9 Å². The van der Waals surface area contributed by atoms with Crippen LogP contribution in [0.3, 0.4) is 0 Å². The van der Waals surface area contributed by atoms with E-state index in [2.05, 4.69) is 18.3 Å². The molecular weight excluding hydrogens is 242 g/mol. The van der Waals surface area contributed by atoms with Gasteiger partial charge in [0.1, 0.15) is 0 Å². The summed E-state index contributed by atoms with van der Waals surface area (Å²) in [6, 6.07) is 8.52. The first-order chi connectivity index (χ1) is 9.22. The Balaban J connectivity index is 1.87. The molecule has 4 nitrogen and oxygen atoms in total. The van der Waals surface area contributed by atoms with Gasteiger partial charge in [0.25, 0.3) is 0 Å². The van der Waals surface area contributed by atoms with Crippen molar-refractivity contribution >= 4 is 0 Å². The molecule has 2 N–H and O–H groups in total. The van der Waals surface area contributed by atoms with Crippen molar-refractivity contribution in [3.8, 4) is 0 Å². The summed E-state index contributed by atoms with van der Waals surface area (Å²) in [6.45, 7) is 3.58. The molecule has 0 aliphatic carbocycles. The van der Waals surface area contributed by atoms with Gasteiger partial charge in [-0.15, -0.1) is 0 Å². The standard InChI is InChI=1S/C15H21NO3/c1-11-8-15(18-6-7-19-15)9-14(16-11)13-5-3-2-4-12(13)10-17/h2-5,11,14,16-17H,6-10H2,1H3/t11-,14-/m0/s1. The van der Waals surface area contributed by atoms with Crippen molar-refractivity contribution in [2.75, 3.05) is 13.2 Å². The molecule has 2 heterocycles. The van der Waals surface area contributed by atoms with Crippen LogP contribution < -0.4 is 5.32 Å². The van der Waals surface area contributed by atoms with E-state index >= 15 is 0 Å². The van der Waals surface area contributed by atoms with Gasteiger partial charge in [0.05, 0.1) is 19.8 Å². The number of ether oxygens (including phenoxy) is 2. The maximum absolute atomic E-state index is 9.48. The second kappa shape index (κ2) is 5.21. The van der Waals surface area contributed by atoms with E-state index in [0.717, 1.165) is 24.0 Å². The number of rotatable bonds is 2. The lowest BCUT2D eigenvalue weighted by molar-refractivity contribution is -0.187. The minimum Gasteiger partial charge on any atom is -0.392 e. The average Bonchev–Trinajstić information content (AvgIpc) is 2.85. The first kappa shape index (κ1) is 13.1. The zero-order valence-electron chi connectivity index (χ0n) is 11.3. The SMILES string of the molecule is C[C@H]1CC2(C[C@@H](c3ccccc3CO)N1)OCCO2. The molecule has 1 spiro atoms. The van der Waals surface area contributed by atoms with Crippen molar-refractivity contribution in [2.45, 2.75) is 44.2 Å². The highest BCUT2D eigenvalue weighted by Gasteiger charge is 2.44. The summed E-state index contributed by atoms with van der Waals surface area (Å²) in [4.78, 5) is 0. The molecule has 3 rings (SSSR count). The Hall–Kier alpha value is -0.940. The monoisotopic (exact) mass is 263 g/mol. The zero-order chi connectivity index (χ0) is 13.3. The maximum Gasteiger partial charge on any atom is 0.171 e. The largest absolute Gasteiger partial charge is 0.392 e. The fourth-order valence-electron chi connectivity index (χ4n) is 3.27. The molecule has 0 bridgehead atoms. The highest BCUT2D eigenvalue weighted by atomic mass is 16.7. The third-order valence-corrected chi connectivity index (χ3v) is 4.03. The Bertz CT molecular complexity index is 443. The number of aliphatic hydroxyl groups is 1. The van der Waals surface area contributed by atoms with Crippen LogP contribution in [0.15, 0.2) is 24.3 Å². The van der Waals surface area contributed by atoms with E-state index in [9.17, 15) is 5.11 Å². The number of aliphatic hydroxyl groups excluding tert-OH is 1. The van der Waals surface area contributed by atoms with E-state index in [1.807, 2.05) is 18.2 Å². The highest BCUT2D eigenvalue weighted by Crippen LogP contribution is 2.39. The molecule has 1 aromatic carbocycles. The number of hydrogen-bond acceptors (Lipinski definition) is 4. The normalized spacial score (nSPS) is 29.8. The lowest BCUT2D eigenvalue weighted by atomic mass is 9.87. The van der Waals surface area contributed by atoms with Crippen LogP contribution in [0.2, 0.25) is 0 Å².